The summed E-state index contributed by atoms with van der Waals surface area (Å²) in [5, 5.41) is 0. The number of likely N-dealkylation sites (tertiary alicyclic amines) is 1. The van der Waals surface area contributed by atoms with Gasteiger partial charge in [-0.1, -0.05) is 0 Å². The molecule has 0 aromatic carbocycles. The van der Waals surface area contributed by atoms with E-state index in [9.17, 15) is 13.6 Å². The molecule has 1 aromatic heterocycles. The maximum Gasteiger partial charge on any atom is 0.410 e. The molecule has 0 aliphatic carbocycles. The van der Waals surface area contributed by atoms with Gasteiger partial charge in [0.25, 0.3) is 0 Å². The Morgan fingerprint density at radius 2 is 2.15 bits per heavy atom. The Labute approximate surface area is 116 Å². The van der Waals surface area contributed by atoms with Crippen molar-refractivity contribution in [2.24, 2.45) is 0 Å². The molecule has 2 atom stereocenters. The summed E-state index contributed by atoms with van der Waals surface area (Å²) in [6.45, 7) is 5.18. The van der Waals surface area contributed by atoms with Gasteiger partial charge in [0.1, 0.15) is 17.6 Å². The first-order valence-electron chi connectivity index (χ1n) is 6.50. The van der Waals surface area contributed by atoms with Gasteiger partial charge in [-0.25, -0.2) is 13.6 Å². The van der Waals surface area contributed by atoms with Crippen molar-refractivity contribution in [2.75, 3.05) is 6.54 Å². The molecule has 0 N–H and O–H groups in total. The SMILES string of the molecule is CC(C)(C)OC(=O)N1C[C@@H](F)C[C@@H]1c1cncc(F)c1. The van der Waals surface area contributed by atoms with Crippen LogP contribution in [0.4, 0.5) is 13.6 Å². The van der Waals surface area contributed by atoms with Crippen LogP contribution in [0, 0.1) is 5.82 Å². The van der Waals surface area contributed by atoms with Crippen LogP contribution in [0.5, 0.6) is 0 Å². The van der Waals surface area contributed by atoms with Crippen molar-refractivity contribution < 1.29 is 18.3 Å². The van der Waals surface area contributed by atoms with E-state index in [0.29, 0.717) is 5.56 Å². The molecule has 0 saturated carbocycles. The normalized spacial score (nSPS) is 22.9. The quantitative estimate of drug-likeness (QED) is 0.795. The third-order valence-corrected chi connectivity index (χ3v) is 2.99. The Morgan fingerprint density at radius 3 is 2.75 bits per heavy atom. The molecular formula is C14H18F2N2O2. The average Bonchev–Trinajstić information content (AvgIpc) is 2.69. The fourth-order valence-corrected chi connectivity index (χ4v) is 2.23. The van der Waals surface area contributed by atoms with Crippen molar-refractivity contribution in [1.29, 1.82) is 0 Å². The number of ether oxygens (including phenoxy) is 1. The van der Waals surface area contributed by atoms with Crippen LogP contribution in [0.2, 0.25) is 0 Å². The standard InChI is InChI=1S/C14H18F2N2O2/c1-14(2,3)20-13(19)18-8-11(16)5-12(18)9-4-10(15)7-17-6-9/h4,6-7,11-12H,5,8H2,1-3H3/t11-,12+/m0/s1. The zero-order chi connectivity index (χ0) is 14.9. The summed E-state index contributed by atoms with van der Waals surface area (Å²) in [6.07, 6.45) is 0.916. The lowest BCUT2D eigenvalue weighted by Crippen LogP contribution is -2.37. The number of nitrogens with zero attached hydrogens (tertiary/aromatic N) is 2. The van der Waals surface area contributed by atoms with E-state index in [1.165, 1.54) is 17.2 Å². The minimum atomic E-state index is -1.14. The Bertz CT molecular complexity index is 502. The highest BCUT2D eigenvalue weighted by Crippen LogP contribution is 2.34. The summed E-state index contributed by atoms with van der Waals surface area (Å²) in [7, 11) is 0. The minimum Gasteiger partial charge on any atom is -0.444 e. The number of pyridine rings is 1. The molecule has 0 unspecified atom stereocenters. The lowest BCUT2D eigenvalue weighted by Gasteiger charge is -2.28. The van der Waals surface area contributed by atoms with E-state index in [1.807, 2.05) is 0 Å². The molecule has 1 saturated heterocycles. The van der Waals surface area contributed by atoms with Gasteiger partial charge in [-0.05, 0) is 32.4 Å². The Hall–Kier alpha value is -1.72. The monoisotopic (exact) mass is 284 g/mol. The highest BCUT2D eigenvalue weighted by atomic mass is 19.1. The van der Waals surface area contributed by atoms with Crippen LogP contribution in [-0.4, -0.2) is 34.3 Å². The molecular weight excluding hydrogens is 266 g/mol. The van der Waals surface area contributed by atoms with Crippen LogP contribution < -0.4 is 0 Å². The Kier molecular flexibility index (Phi) is 3.92. The number of rotatable bonds is 1. The van der Waals surface area contributed by atoms with Crippen molar-refractivity contribution in [3.05, 3.63) is 29.8 Å². The first-order valence-corrected chi connectivity index (χ1v) is 6.50. The molecule has 2 heterocycles. The van der Waals surface area contributed by atoms with Crippen LogP contribution in [0.1, 0.15) is 38.8 Å². The fraction of sp³-hybridized carbons (Fsp3) is 0.571. The maximum absolute atomic E-state index is 13.6. The number of carbonyl (C=O) groups is 1. The Morgan fingerprint density at radius 1 is 1.45 bits per heavy atom. The van der Waals surface area contributed by atoms with Gasteiger partial charge in [-0.15, -0.1) is 0 Å². The lowest BCUT2D eigenvalue weighted by atomic mass is 10.1. The second kappa shape index (κ2) is 5.34. The van der Waals surface area contributed by atoms with Crippen LogP contribution >= 0.6 is 0 Å². The van der Waals surface area contributed by atoms with Crippen molar-refractivity contribution >= 4 is 6.09 Å². The topological polar surface area (TPSA) is 42.4 Å². The second-order valence-corrected chi connectivity index (χ2v) is 5.92. The van der Waals surface area contributed by atoms with E-state index in [2.05, 4.69) is 4.98 Å². The van der Waals surface area contributed by atoms with Crippen molar-refractivity contribution in [2.45, 2.75) is 45.0 Å². The van der Waals surface area contributed by atoms with Crippen molar-refractivity contribution in [3.63, 3.8) is 0 Å². The first kappa shape index (κ1) is 14.7. The summed E-state index contributed by atoms with van der Waals surface area (Å²) in [5.41, 5.74) is -0.174. The van der Waals surface area contributed by atoms with Gasteiger partial charge in [0.05, 0.1) is 18.8 Å². The van der Waals surface area contributed by atoms with Gasteiger partial charge in [-0.2, -0.15) is 0 Å². The van der Waals surface area contributed by atoms with Gasteiger partial charge in [0.15, 0.2) is 0 Å². The summed E-state index contributed by atoms with van der Waals surface area (Å²) in [6, 6.07) is 0.732. The zero-order valence-electron chi connectivity index (χ0n) is 11.8. The molecule has 0 spiro atoms. The summed E-state index contributed by atoms with van der Waals surface area (Å²) in [4.78, 5) is 17.1. The highest BCUT2D eigenvalue weighted by molar-refractivity contribution is 5.69. The number of carbonyl (C=O) groups excluding carboxylic acids is 1. The van der Waals surface area contributed by atoms with Crippen molar-refractivity contribution in [1.82, 2.24) is 9.88 Å². The van der Waals surface area contributed by atoms with Crippen LogP contribution in [0.25, 0.3) is 0 Å². The maximum atomic E-state index is 13.6. The molecule has 1 aliphatic rings. The molecule has 1 aliphatic heterocycles. The zero-order valence-corrected chi connectivity index (χ0v) is 11.8. The van der Waals surface area contributed by atoms with Gasteiger partial charge in [-0.3, -0.25) is 9.88 Å². The number of halogens is 2. The highest BCUT2D eigenvalue weighted by Gasteiger charge is 2.38. The van der Waals surface area contributed by atoms with E-state index in [4.69, 9.17) is 4.74 Å². The van der Waals surface area contributed by atoms with E-state index in [1.54, 1.807) is 20.8 Å². The minimum absolute atomic E-state index is 0.0455. The third kappa shape index (κ3) is 3.43. The number of hydrogen-bond donors (Lipinski definition) is 0. The molecule has 2 rings (SSSR count). The molecule has 0 bridgehead atoms. The molecule has 20 heavy (non-hydrogen) atoms. The van der Waals surface area contributed by atoms with Crippen LogP contribution in [-0.2, 0) is 4.74 Å². The van der Waals surface area contributed by atoms with E-state index in [0.717, 1.165) is 6.20 Å². The van der Waals surface area contributed by atoms with E-state index >= 15 is 0 Å². The average molecular weight is 284 g/mol. The number of alkyl halides is 1. The molecule has 110 valence electrons. The van der Waals surface area contributed by atoms with Gasteiger partial charge in [0.2, 0.25) is 0 Å². The van der Waals surface area contributed by atoms with Gasteiger partial charge >= 0.3 is 6.09 Å². The molecule has 0 radical (unpaired) electrons. The molecule has 6 heteroatoms. The summed E-state index contributed by atoms with van der Waals surface area (Å²) >= 11 is 0. The third-order valence-electron chi connectivity index (χ3n) is 2.99. The van der Waals surface area contributed by atoms with Gasteiger partial charge < -0.3 is 4.74 Å². The lowest BCUT2D eigenvalue weighted by molar-refractivity contribution is 0.0216. The largest absolute Gasteiger partial charge is 0.444 e. The van der Waals surface area contributed by atoms with E-state index < -0.39 is 29.7 Å². The molecule has 1 aromatic rings. The summed E-state index contributed by atoms with van der Waals surface area (Å²) < 4.78 is 32.1. The first-order chi connectivity index (χ1) is 9.26. The predicted molar refractivity (Wildman–Crippen MR) is 69.4 cm³/mol. The second-order valence-electron chi connectivity index (χ2n) is 5.92. The number of amides is 1. The number of aromatic nitrogens is 1. The number of hydrogen-bond acceptors (Lipinski definition) is 3. The Balaban J connectivity index is 2.21. The smallest absolute Gasteiger partial charge is 0.410 e. The molecule has 1 fully saturated rings. The van der Waals surface area contributed by atoms with Gasteiger partial charge in [0, 0.05) is 12.6 Å². The summed E-state index contributed by atoms with van der Waals surface area (Å²) in [5.74, 6) is -0.506. The predicted octanol–water partition coefficient (Wildman–Crippen LogP) is 3.24. The molecule has 1 amide bonds. The van der Waals surface area contributed by atoms with Crippen LogP contribution in [0.3, 0.4) is 0 Å². The molecule has 4 nitrogen and oxygen atoms in total. The van der Waals surface area contributed by atoms with E-state index in [-0.39, 0.29) is 13.0 Å². The fourth-order valence-electron chi connectivity index (χ4n) is 2.23. The van der Waals surface area contributed by atoms with Crippen LogP contribution in [0.15, 0.2) is 18.5 Å². The van der Waals surface area contributed by atoms with Crippen molar-refractivity contribution in [3.8, 4) is 0 Å².